The molecule has 0 aromatic heterocycles. The fourth-order valence-corrected chi connectivity index (χ4v) is 3.75. The lowest BCUT2D eigenvalue weighted by Gasteiger charge is -2.13. The van der Waals surface area contributed by atoms with E-state index >= 15 is 0 Å². The Balaban J connectivity index is 1.76. The highest BCUT2D eigenvalue weighted by Gasteiger charge is 2.12. The largest absolute Gasteiger partial charge is 0.481 e. The Labute approximate surface area is 193 Å². The molecule has 0 unspecified atom stereocenters. The molecular weight excluding hydrogens is 442 g/mol. The molecule has 2 N–H and O–H groups in total. The summed E-state index contributed by atoms with van der Waals surface area (Å²) in [6, 6.07) is 19.4. The summed E-state index contributed by atoms with van der Waals surface area (Å²) in [4.78, 5) is 23.6. The van der Waals surface area contributed by atoms with Crippen LogP contribution in [-0.4, -0.2) is 31.5 Å². The number of ether oxygens (including phenoxy) is 1. The molecule has 3 rings (SSSR count). The van der Waals surface area contributed by atoms with Gasteiger partial charge < -0.3 is 9.84 Å². The van der Waals surface area contributed by atoms with Crippen LogP contribution in [0.1, 0.15) is 32.6 Å². The second kappa shape index (κ2) is 10.4. The van der Waals surface area contributed by atoms with Crippen LogP contribution in [0.4, 0.5) is 0 Å². The van der Waals surface area contributed by atoms with Gasteiger partial charge in [-0.05, 0) is 41.8 Å². The maximum atomic E-state index is 12.6. The Hall–Kier alpha value is -3.49. The van der Waals surface area contributed by atoms with Crippen LogP contribution in [0.25, 0.3) is 0 Å². The van der Waals surface area contributed by atoms with Crippen molar-refractivity contribution >= 4 is 21.8 Å². The second-order valence-electron chi connectivity index (χ2n) is 7.77. The van der Waals surface area contributed by atoms with Crippen molar-refractivity contribution in [3.63, 3.8) is 0 Å². The minimum Gasteiger partial charge on any atom is -0.481 e. The summed E-state index contributed by atoms with van der Waals surface area (Å²) in [5, 5.41) is 9.03. The van der Waals surface area contributed by atoms with Gasteiger partial charge in [0.05, 0.1) is 12.7 Å². The standard InChI is InChI=1S/C25H25NO6S/c1-17-5-3-4-6-22(17)23(27)14-18-7-10-21(11-8-18)32-24-12-9-19(15-25(28)29)13-20(24)16-26-33(2,30)31/h3-13,26H,14-16H2,1-2H3,(H,28,29). The maximum Gasteiger partial charge on any atom is 0.307 e. The van der Waals surface area contributed by atoms with Crippen molar-refractivity contribution in [2.45, 2.75) is 26.3 Å². The molecular formula is C25H25NO6S. The Morgan fingerprint density at radius 1 is 0.939 bits per heavy atom. The molecule has 0 aliphatic rings. The number of ketones is 1. The van der Waals surface area contributed by atoms with Crippen molar-refractivity contribution < 1.29 is 27.9 Å². The molecule has 0 spiro atoms. The van der Waals surface area contributed by atoms with E-state index in [1.54, 1.807) is 42.5 Å². The smallest absolute Gasteiger partial charge is 0.307 e. The van der Waals surface area contributed by atoms with E-state index in [1.807, 2.05) is 31.2 Å². The normalized spacial score (nSPS) is 11.2. The lowest BCUT2D eigenvalue weighted by Crippen LogP contribution is -2.21. The van der Waals surface area contributed by atoms with Crippen molar-refractivity contribution in [2.24, 2.45) is 0 Å². The molecule has 8 heteroatoms. The first kappa shape index (κ1) is 24.2. The van der Waals surface area contributed by atoms with E-state index in [1.165, 1.54) is 0 Å². The first-order valence-electron chi connectivity index (χ1n) is 10.2. The van der Waals surface area contributed by atoms with Crippen molar-refractivity contribution in [3.05, 3.63) is 94.5 Å². The van der Waals surface area contributed by atoms with Crippen LogP contribution in [0, 0.1) is 6.92 Å². The molecule has 33 heavy (non-hydrogen) atoms. The SMILES string of the molecule is Cc1ccccc1C(=O)Cc1ccc(Oc2ccc(CC(=O)O)cc2CNS(C)(=O)=O)cc1. The molecule has 0 saturated heterocycles. The second-order valence-corrected chi connectivity index (χ2v) is 9.60. The number of hydrogen-bond acceptors (Lipinski definition) is 5. The quantitative estimate of drug-likeness (QED) is 0.438. The Morgan fingerprint density at radius 3 is 2.24 bits per heavy atom. The molecule has 0 atom stereocenters. The highest BCUT2D eigenvalue weighted by Crippen LogP contribution is 2.27. The van der Waals surface area contributed by atoms with E-state index in [2.05, 4.69) is 4.72 Å². The molecule has 0 aliphatic heterocycles. The molecule has 3 aromatic carbocycles. The third kappa shape index (κ3) is 7.27. The van der Waals surface area contributed by atoms with Gasteiger partial charge in [0.2, 0.25) is 10.0 Å². The number of carboxylic acid groups (broad SMARTS) is 1. The summed E-state index contributed by atoms with van der Waals surface area (Å²) in [6.07, 6.45) is 1.12. The minimum absolute atomic E-state index is 0.0323. The summed E-state index contributed by atoms with van der Waals surface area (Å²) < 4.78 is 31.4. The lowest BCUT2D eigenvalue weighted by molar-refractivity contribution is -0.136. The number of benzene rings is 3. The third-order valence-electron chi connectivity index (χ3n) is 4.97. The molecule has 0 amide bonds. The topological polar surface area (TPSA) is 110 Å². The molecule has 0 aliphatic carbocycles. The summed E-state index contributed by atoms with van der Waals surface area (Å²) in [5.41, 5.74) is 3.51. The molecule has 0 bridgehead atoms. The Kier molecular flexibility index (Phi) is 7.63. The van der Waals surface area contributed by atoms with E-state index in [-0.39, 0.29) is 25.2 Å². The van der Waals surface area contributed by atoms with Gasteiger partial charge in [0.1, 0.15) is 11.5 Å². The highest BCUT2D eigenvalue weighted by atomic mass is 32.2. The number of carboxylic acids is 1. The van der Waals surface area contributed by atoms with Gasteiger partial charge >= 0.3 is 5.97 Å². The number of hydrogen-bond donors (Lipinski definition) is 2. The fraction of sp³-hybridized carbons (Fsp3) is 0.200. The first-order valence-corrected chi connectivity index (χ1v) is 12.1. The molecule has 0 heterocycles. The van der Waals surface area contributed by atoms with E-state index < -0.39 is 16.0 Å². The van der Waals surface area contributed by atoms with Gasteiger partial charge in [-0.3, -0.25) is 9.59 Å². The molecule has 0 fully saturated rings. The zero-order chi connectivity index (χ0) is 24.0. The summed E-state index contributed by atoms with van der Waals surface area (Å²) in [7, 11) is -3.44. The summed E-state index contributed by atoms with van der Waals surface area (Å²) >= 11 is 0. The van der Waals surface area contributed by atoms with E-state index in [4.69, 9.17) is 9.84 Å². The first-order chi connectivity index (χ1) is 15.6. The van der Waals surface area contributed by atoms with E-state index in [9.17, 15) is 18.0 Å². The van der Waals surface area contributed by atoms with Gasteiger partial charge in [-0.2, -0.15) is 0 Å². The lowest BCUT2D eigenvalue weighted by atomic mass is 9.99. The van der Waals surface area contributed by atoms with Gasteiger partial charge in [-0.1, -0.05) is 48.5 Å². The van der Waals surface area contributed by atoms with Gasteiger partial charge in [-0.15, -0.1) is 0 Å². The number of nitrogens with one attached hydrogen (secondary N) is 1. The number of aliphatic carboxylic acids is 1. The monoisotopic (exact) mass is 467 g/mol. The number of Topliss-reactive ketones (excluding diaryl/α,β-unsaturated/α-hetero) is 1. The molecule has 3 aromatic rings. The van der Waals surface area contributed by atoms with Crippen molar-refractivity contribution in [2.75, 3.05) is 6.26 Å². The zero-order valence-corrected chi connectivity index (χ0v) is 19.2. The average molecular weight is 468 g/mol. The van der Waals surface area contributed by atoms with E-state index in [0.717, 1.165) is 17.4 Å². The third-order valence-corrected chi connectivity index (χ3v) is 5.64. The number of rotatable bonds is 10. The van der Waals surface area contributed by atoms with Crippen molar-refractivity contribution in [3.8, 4) is 11.5 Å². The van der Waals surface area contributed by atoms with Crippen molar-refractivity contribution in [1.29, 1.82) is 0 Å². The number of aryl methyl sites for hydroxylation is 1. The summed E-state index contributed by atoms with van der Waals surface area (Å²) in [5.74, 6) is -0.0378. The Bertz CT molecular complexity index is 1270. The number of sulfonamides is 1. The fourth-order valence-electron chi connectivity index (χ4n) is 3.33. The molecule has 7 nitrogen and oxygen atoms in total. The molecule has 172 valence electrons. The number of carbonyl (C=O) groups excluding carboxylic acids is 1. The van der Waals surface area contributed by atoms with Crippen LogP contribution >= 0.6 is 0 Å². The summed E-state index contributed by atoms with van der Waals surface area (Å²) in [6.45, 7) is 1.87. The van der Waals surface area contributed by atoms with Crippen LogP contribution in [0.5, 0.6) is 11.5 Å². The predicted octanol–water partition coefficient (Wildman–Crippen LogP) is 3.89. The maximum absolute atomic E-state index is 12.6. The van der Waals surface area contributed by atoms with Crippen LogP contribution in [-0.2, 0) is 34.2 Å². The van der Waals surface area contributed by atoms with Crippen LogP contribution in [0.2, 0.25) is 0 Å². The van der Waals surface area contributed by atoms with Crippen LogP contribution in [0.15, 0.2) is 66.7 Å². The Morgan fingerprint density at radius 2 is 1.61 bits per heavy atom. The van der Waals surface area contributed by atoms with Gasteiger partial charge in [0.15, 0.2) is 5.78 Å². The predicted molar refractivity (Wildman–Crippen MR) is 125 cm³/mol. The van der Waals surface area contributed by atoms with Gasteiger partial charge in [0, 0.05) is 24.1 Å². The van der Waals surface area contributed by atoms with Crippen LogP contribution < -0.4 is 9.46 Å². The number of carbonyl (C=O) groups is 2. The molecule has 0 radical (unpaired) electrons. The minimum atomic E-state index is -3.44. The van der Waals surface area contributed by atoms with Crippen LogP contribution in [0.3, 0.4) is 0 Å². The van der Waals surface area contributed by atoms with Gasteiger partial charge in [0.25, 0.3) is 0 Å². The van der Waals surface area contributed by atoms with Gasteiger partial charge in [-0.25, -0.2) is 13.1 Å². The average Bonchev–Trinajstić information content (AvgIpc) is 2.74. The zero-order valence-electron chi connectivity index (χ0n) is 18.4. The molecule has 0 saturated carbocycles. The highest BCUT2D eigenvalue weighted by molar-refractivity contribution is 7.88. The van der Waals surface area contributed by atoms with E-state index in [0.29, 0.717) is 28.2 Å². The van der Waals surface area contributed by atoms with Crippen molar-refractivity contribution in [1.82, 2.24) is 4.72 Å².